The lowest BCUT2D eigenvalue weighted by molar-refractivity contribution is 0.259. The van der Waals surface area contributed by atoms with Gasteiger partial charge in [-0.1, -0.05) is 6.07 Å². The number of aromatic nitrogens is 2. The van der Waals surface area contributed by atoms with E-state index in [0.29, 0.717) is 33.8 Å². The Bertz CT molecular complexity index is 980. The second-order valence-electron chi connectivity index (χ2n) is 5.14. The van der Waals surface area contributed by atoms with Crippen LogP contribution in [0, 0.1) is 0 Å². The number of methoxy groups -OCH3 is 2. The summed E-state index contributed by atoms with van der Waals surface area (Å²) in [6.45, 7) is 0. The van der Waals surface area contributed by atoms with Crippen molar-refractivity contribution in [3.05, 3.63) is 41.7 Å². The lowest BCUT2D eigenvalue weighted by atomic mass is 10.2. The minimum absolute atomic E-state index is 0.0196. The van der Waals surface area contributed by atoms with Crippen LogP contribution in [-0.2, 0) is 0 Å². The van der Waals surface area contributed by atoms with E-state index in [0.717, 1.165) is 0 Å². The Morgan fingerprint density at radius 2 is 1.85 bits per heavy atom. The molecule has 134 valence electrons. The summed E-state index contributed by atoms with van der Waals surface area (Å²) >= 11 is 6.01. The van der Waals surface area contributed by atoms with Crippen LogP contribution in [0.4, 0.5) is 10.5 Å². The first-order valence-corrected chi connectivity index (χ1v) is 7.81. The summed E-state index contributed by atoms with van der Waals surface area (Å²) in [5.41, 5.74) is 6.14. The lowest BCUT2D eigenvalue weighted by Gasteiger charge is -2.12. The van der Waals surface area contributed by atoms with Gasteiger partial charge in [-0.05, 0) is 29.8 Å². The highest BCUT2D eigenvalue weighted by atomic mass is 35.5. The van der Waals surface area contributed by atoms with Gasteiger partial charge in [-0.15, -0.1) is 0 Å². The SMILES string of the molecule is COc1cc2nc(Cl)nc(Oc3cccc(NC(N)=O)c3)c2cc1OC. The molecule has 0 unspecified atom stereocenters. The number of anilines is 1. The van der Waals surface area contributed by atoms with Crippen molar-refractivity contribution in [1.82, 2.24) is 9.97 Å². The predicted molar refractivity (Wildman–Crippen MR) is 97.4 cm³/mol. The van der Waals surface area contributed by atoms with Gasteiger partial charge < -0.3 is 25.3 Å². The fourth-order valence-corrected chi connectivity index (χ4v) is 2.54. The second kappa shape index (κ2) is 7.32. The zero-order chi connectivity index (χ0) is 18.7. The van der Waals surface area contributed by atoms with Crippen molar-refractivity contribution in [3.8, 4) is 23.1 Å². The number of benzene rings is 2. The van der Waals surface area contributed by atoms with E-state index >= 15 is 0 Å². The van der Waals surface area contributed by atoms with E-state index in [2.05, 4.69) is 15.3 Å². The third kappa shape index (κ3) is 3.70. The first-order valence-electron chi connectivity index (χ1n) is 7.44. The molecule has 1 heterocycles. The summed E-state index contributed by atoms with van der Waals surface area (Å²) in [4.78, 5) is 19.3. The minimum Gasteiger partial charge on any atom is -0.493 e. The molecule has 0 spiro atoms. The highest BCUT2D eigenvalue weighted by Crippen LogP contribution is 2.37. The van der Waals surface area contributed by atoms with E-state index < -0.39 is 6.03 Å². The summed E-state index contributed by atoms with van der Waals surface area (Å²) in [5.74, 6) is 1.67. The van der Waals surface area contributed by atoms with Gasteiger partial charge in [0.05, 0.1) is 25.1 Å². The van der Waals surface area contributed by atoms with Crippen LogP contribution in [-0.4, -0.2) is 30.2 Å². The van der Waals surface area contributed by atoms with Crippen molar-refractivity contribution in [2.75, 3.05) is 19.5 Å². The molecule has 0 aliphatic rings. The summed E-state index contributed by atoms with van der Waals surface area (Å²) in [5, 5.41) is 3.08. The number of amides is 2. The molecule has 0 radical (unpaired) electrons. The van der Waals surface area contributed by atoms with Gasteiger partial charge in [0, 0.05) is 17.8 Å². The number of nitrogens with two attached hydrogens (primary N) is 1. The number of carbonyl (C=O) groups is 1. The first-order chi connectivity index (χ1) is 12.5. The Hall–Kier alpha value is -3.26. The van der Waals surface area contributed by atoms with Gasteiger partial charge in [0.2, 0.25) is 11.2 Å². The van der Waals surface area contributed by atoms with Crippen molar-refractivity contribution in [3.63, 3.8) is 0 Å². The van der Waals surface area contributed by atoms with E-state index in [9.17, 15) is 4.79 Å². The number of nitrogens with zero attached hydrogens (tertiary/aromatic N) is 2. The van der Waals surface area contributed by atoms with Crippen LogP contribution in [0.15, 0.2) is 36.4 Å². The van der Waals surface area contributed by atoms with Crippen LogP contribution in [0.1, 0.15) is 0 Å². The highest BCUT2D eigenvalue weighted by molar-refractivity contribution is 6.28. The molecular formula is C17H15ClN4O4. The predicted octanol–water partition coefficient (Wildman–Crippen LogP) is 3.58. The molecular weight excluding hydrogens is 360 g/mol. The molecule has 0 bridgehead atoms. The molecule has 0 saturated heterocycles. The first kappa shape index (κ1) is 17.6. The summed E-state index contributed by atoms with van der Waals surface area (Å²) < 4.78 is 16.4. The molecule has 0 atom stereocenters. The number of carbonyl (C=O) groups excluding carboxylic acids is 1. The maximum Gasteiger partial charge on any atom is 0.316 e. The summed E-state index contributed by atoms with van der Waals surface area (Å²) in [6, 6.07) is 9.40. The van der Waals surface area contributed by atoms with Gasteiger partial charge in [-0.2, -0.15) is 4.98 Å². The molecule has 2 aromatic carbocycles. The monoisotopic (exact) mass is 374 g/mol. The fraction of sp³-hybridized carbons (Fsp3) is 0.118. The van der Waals surface area contributed by atoms with E-state index in [-0.39, 0.29) is 11.2 Å². The molecule has 0 aliphatic heterocycles. The third-order valence-electron chi connectivity index (χ3n) is 3.45. The molecule has 3 aromatic rings. The van der Waals surface area contributed by atoms with E-state index in [1.165, 1.54) is 14.2 Å². The zero-order valence-electron chi connectivity index (χ0n) is 13.9. The summed E-state index contributed by atoms with van der Waals surface area (Å²) in [7, 11) is 3.06. The molecule has 2 amide bonds. The summed E-state index contributed by atoms with van der Waals surface area (Å²) in [6.07, 6.45) is 0. The van der Waals surface area contributed by atoms with E-state index in [1.807, 2.05) is 0 Å². The number of rotatable bonds is 5. The average molecular weight is 375 g/mol. The normalized spacial score (nSPS) is 10.4. The van der Waals surface area contributed by atoms with Crippen LogP contribution < -0.4 is 25.3 Å². The van der Waals surface area contributed by atoms with Crippen molar-refractivity contribution in [2.45, 2.75) is 0 Å². The third-order valence-corrected chi connectivity index (χ3v) is 3.62. The number of urea groups is 1. The van der Waals surface area contributed by atoms with Crippen LogP contribution >= 0.6 is 11.6 Å². The molecule has 26 heavy (non-hydrogen) atoms. The van der Waals surface area contributed by atoms with Gasteiger partial charge in [0.15, 0.2) is 11.5 Å². The van der Waals surface area contributed by atoms with Crippen LogP contribution in [0.3, 0.4) is 0 Å². The topological polar surface area (TPSA) is 109 Å². The number of primary amides is 1. The molecule has 3 N–H and O–H groups in total. The Morgan fingerprint density at radius 3 is 2.54 bits per heavy atom. The van der Waals surface area contributed by atoms with E-state index in [4.69, 9.17) is 31.5 Å². The largest absolute Gasteiger partial charge is 0.493 e. The number of nitrogens with one attached hydrogen (secondary N) is 1. The number of hydrogen-bond acceptors (Lipinski definition) is 6. The lowest BCUT2D eigenvalue weighted by Crippen LogP contribution is -2.19. The van der Waals surface area contributed by atoms with Gasteiger partial charge in [0.1, 0.15) is 5.75 Å². The van der Waals surface area contributed by atoms with E-state index in [1.54, 1.807) is 36.4 Å². The molecule has 8 nitrogen and oxygen atoms in total. The van der Waals surface area contributed by atoms with Crippen LogP contribution in [0.25, 0.3) is 10.9 Å². The molecule has 0 fully saturated rings. The van der Waals surface area contributed by atoms with Crippen molar-refractivity contribution < 1.29 is 19.0 Å². The van der Waals surface area contributed by atoms with Crippen molar-refractivity contribution in [1.29, 1.82) is 0 Å². The van der Waals surface area contributed by atoms with Gasteiger partial charge in [-0.3, -0.25) is 0 Å². The van der Waals surface area contributed by atoms with Gasteiger partial charge in [-0.25, -0.2) is 9.78 Å². The maximum atomic E-state index is 11.0. The highest BCUT2D eigenvalue weighted by Gasteiger charge is 2.14. The molecule has 0 aliphatic carbocycles. The quantitative estimate of drug-likeness (QED) is 0.660. The van der Waals surface area contributed by atoms with Gasteiger partial charge in [0.25, 0.3) is 0 Å². The fourth-order valence-electron chi connectivity index (χ4n) is 2.37. The van der Waals surface area contributed by atoms with Gasteiger partial charge >= 0.3 is 6.03 Å². The number of ether oxygens (including phenoxy) is 3. The Morgan fingerprint density at radius 1 is 1.12 bits per heavy atom. The van der Waals surface area contributed by atoms with Crippen molar-refractivity contribution in [2.24, 2.45) is 5.73 Å². The maximum absolute atomic E-state index is 11.0. The Kier molecular flexibility index (Phi) is 4.94. The standard InChI is InChI=1S/C17H15ClN4O4/c1-24-13-7-11-12(8-14(13)25-2)21-16(18)22-15(11)26-10-5-3-4-9(6-10)20-17(19)23/h3-8H,1-2H3,(H3,19,20,23). The van der Waals surface area contributed by atoms with Crippen LogP contribution in [0.2, 0.25) is 5.28 Å². The second-order valence-corrected chi connectivity index (χ2v) is 5.48. The number of halogens is 1. The average Bonchev–Trinajstić information content (AvgIpc) is 2.60. The number of hydrogen-bond donors (Lipinski definition) is 2. The molecule has 9 heteroatoms. The Labute approximate surface area is 153 Å². The Balaban J connectivity index is 2.05. The molecule has 3 rings (SSSR count). The zero-order valence-corrected chi connectivity index (χ0v) is 14.7. The minimum atomic E-state index is -0.672. The smallest absolute Gasteiger partial charge is 0.316 e. The molecule has 0 saturated carbocycles. The molecule has 1 aromatic heterocycles. The van der Waals surface area contributed by atoms with Crippen LogP contribution in [0.5, 0.6) is 23.1 Å². The van der Waals surface area contributed by atoms with Crippen molar-refractivity contribution >= 4 is 34.2 Å². The number of fused-ring (bicyclic) bond motifs is 1.